The Morgan fingerprint density at radius 3 is 2.57 bits per heavy atom. The molecule has 0 atom stereocenters. The molecule has 1 amide bonds. The number of amides is 1. The fourth-order valence-corrected chi connectivity index (χ4v) is 6.26. The van der Waals surface area contributed by atoms with Gasteiger partial charge in [0.1, 0.15) is 5.00 Å². The number of anilines is 1. The average molecular weight is 511 g/mol. The molecular weight excluding hydrogens is 480 g/mol. The average Bonchev–Trinajstić information content (AvgIpc) is 3.21. The van der Waals surface area contributed by atoms with E-state index in [1.807, 2.05) is 25.1 Å². The third-order valence-corrected chi connectivity index (χ3v) is 7.83. The number of nitrogens with one attached hydrogen (secondary N) is 1. The molecule has 1 N–H and O–H groups in total. The second kappa shape index (κ2) is 11.4. The summed E-state index contributed by atoms with van der Waals surface area (Å²) in [7, 11) is 0. The van der Waals surface area contributed by atoms with Gasteiger partial charge >= 0.3 is 5.97 Å². The van der Waals surface area contributed by atoms with Gasteiger partial charge in [-0.2, -0.15) is 0 Å². The van der Waals surface area contributed by atoms with Crippen LogP contribution in [0.25, 0.3) is 0 Å². The number of ether oxygens (including phenoxy) is 1. The first kappa shape index (κ1) is 25.4. The fourth-order valence-electron chi connectivity index (χ4n) is 4.99. The first-order chi connectivity index (χ1) is 16.6. The van der Waals surface area contributed by atoms with Gasteiger partial charge in [0.05, 0.1) is 12.2 Å². The number of aryl methyl sites for hydroxylation is 2. The predicted molar refractivity (Wildman–Crippen MR) is 143 cm³/mol. The van der Waals surface area contributed by atoms with E-state index in [4.69, 9.17) is 4.74 Å². The van der Waals surface area contributed by atoms with E-state index in [1.165, 1.54) is 40.9 Å². The van der Waals surface area contributed by atoms with Crippen molar-refractivity contribution in [2.45, 2.75) is 52.1 Å². The highest BCUT2D eigenvalue weighted by atomic mass is 35.5. The summed E-state index contributed by atoms with van der Waals surface area (Å²) in [5.41, 5.74) is 6.09. The largest absolute Gasteiger partial charge is 0.462 e. The van der Waals surface area contributed by atoms with Crippen molar-refractivity contribution in [2.75, 3.05) is 18.5 Å². The number of nitrogens with zero attached hydrogens (tertiary/aromatic N) is 1. The number of thiophene rings is 1. The van der Waals surface area contributed by atoms with Gasteiger partial charge in [0.15, 0.2) is 0 Å². The van der Waals surface area contributed by atoms with Crippen LogP contribution < -0.4 is 5.32 Å². The van der Waals surface area contributed by atoms with E-state index in [9.17, 15) is 9.59 Å². The Kier molecular flexibility index (Phi) is 8.26. The van der Waals surface area contributed by atoms with Gasteiger partial charge in [-0.15, -0.1) is 23.7 Å². The number of rotatable bonds is 6. The Morgan fingerprint density at radius 1 is 1.03 bits per heavy atom. The lowest BCUT2D eigenvalue weighted by atomic mass is 9.90. The first-order valence-corrected chi connectivity index (χ1v) is 12.9. The summed E-state index contributed by atoms with van der Waals surface area (Å²) >= 11 is 1.51. The molecule has 2 aromatic carbocycles. The molecule has 0 radical (unpaired) electrons. The van der Waals surface area contributed by atoms with Crippen LogP contribution in [0.15, 0.2) is 48.5 Å². The van der Waals surface area contributed by atoms with Gasteiger partial charge in [0.25, 0.3) is 5.91 Å². The normalized spacial score (nSPS) is 14.9. The first-order valence-electron chi connectivity index (χ1n) is 12.1. The monoisotopic (exact) mass is 510 g/mol. The molecule has 0 saturated heterocycles. The molecule has 0 fully saturated rings. The lowest BCUT2D eigenvalue weighted by molar-refractivity contribution is 0.0526. The van der Waals surface area contributed by atoms with Crippen LogP contribution in [0.2, 0.25) is 0 Å². The van der Waals surface area contributed by atoms with Crippen LogP contribution in [0.4, 0.5) is 5.00 Å². The standard InChI is InChI=1S/C28H30N2O3S.ClH/c1-2-33-28(32)25-23-14-15-30(17-19-8-4-3-5-9-19)18-24(23)34-27(25)29-26(31)22-13-12-20-10-6-7-11-21(20)16-22;/h3-5,8-9,12-13,16H,2,6-7,10-11,14-15,17-18H2,1H3,(H,29,31);1H. The SMILES string of the molecule is CCOC(=O)c1c(NC(=O)c2ccc3c(c2)CCCC3)sc2c1CCN(Cc1ccccc1)C2.Cl. The van der Waals surface area contributed by atoms with Crippen LogP contribution in [0, 0.1) is 0 Å². The smallest absolute Gasteiger partial charge is 0.341 e. The molecule has 0 unspecified atom stereocenters. The third-order valence-electron chi connectivity index (χ3n) is 6.70. The van der Waals surface area contributed by atoms with Crippen molar-refractivity contribution in [3.63, 3.8) is 0 Å². The van der Waals surface area contributed by atoms with Crippen molar-refractivity contribution in [2.24, 2.45) is 0 Å². The van der Waals surface area contributed by atoms with Gasteiger partial charge in [-0.3, -0.25) is 9.69 Å². The van der Waals surface area contributed by atoms with Crippen molar-refractivity contribution in [3.05, 3.63) is 86.8 Å². The molecule has 0 saturated carbocycles. The van der Waals surface area contributed by atoms with Crippen molar-refractivity contribution in [3.8, 4) is 0 Å². The highest BCUT2D eigenvalue weighted by molar-refractivity contribution is 7.17. The second-order valence-electron chi connectivity index (χ2n) is 9.02. The summed E-state index contributed by atoms with van der Waals surface area (Å²) in [4.78, 5) is 29.6. The Balaban J connectivity index is 0.00000289. The van der Waals surface area contributed by atoms with Crippen molar-refractivity contribution >= 4 is 40.6 Å². The number of carbonyl (C=O) groups excluding carboxylic acids is 2. The minimum Gasteiger partial charge on any atom is -0.462 e. The number of halogens is 1. The maximum absolute atomic E-state index is 13.2. The molecule has 2 heterocycles. The number of hydrogen-bond donors (Lipinski definition) is 1. The molecule has 2 aliphatic rings. The molecule has 0 bridgehead atoms. The lowest BCUT2D eigenvalue weighted by Crippen LogP contribution is -2.29. The van der Waals surface area contributed by atoms with Crippen LogP contribution in [0.5, 0.6) is 0 Å². The van der Waals surface area contributed by atoms with Gasteiger partial charge < -0.3 is 10.1 Å². The highest BCUT2D eigenvalue weighted by Gasteiger charge is 2.30. The summed E-state index contributed by atoms with van der Waals surface area (Å²) in [6, 6.07) is 16.4. The minimum atomic E-state index is -0.350. The van der Waals surface area contributed by atoms with Crippen LogP contribution in [-0.4, -0.2) is 29.9 Å². The Morgan fingerprint density at radius 2 is 1.80 bits per heavy atom. The van der Waals surface area contributed by atoms with Crippen LogP contribution >= 0.6 is 23.7 Å². The maximum atomic E-state index is 13.2. The van der Waals surface area contributed by atoms with E-state index in [2.05, 4.69) is 40.5 Å². The van der Waals surface area contributed by atoms with Gasteiger partial charge in [-0.25, -0.2) is 4.79 Å². The van der Waals surface area contributed by atoms with Crippen LogP contribution in [-0.2, 0) is 37.1 Å². The topological polar surface area (TPSA) is 58.6 Å². The van der Waals surface area contributed by atoms with E-state index in [0.717, 1.165) is 49.3 Å². The third kappa shape index (κ3) is 5.61. The van der Waals surface area contributed by atoms with Gasteiger partial charge in [0, 0.05) is 30.1 Å². The van der Waals surface area contributed by atoms with E-state index >= 15 is 0 Å². The summed E-state index contributed by atoms with van der Waals surface area (Å²) in [5, 5.41) is 3.66. The molecular formula is C28H31ClN2O3S. The zero-order valence-electron chi connectivity index (χ0n) is 20.0. The minimum absolute atomic E-state index is 0. The van der Waals surface area contributed by atoms with Crippen molar-refractivity contribution in [1.82, 2.24) is 4.90 Å². The molecule has 1 aromatic heterocycles. The molecule has 35 heavy (non-hydrogen) atoms. The van der Waals surface area contributed by atoms with Crippen LogP contribution in [0.3, 0.4) is 0 Å². The van der Waals surface area contributed by atoms with Gasteiger partial charge in [0.2, 0.25) is 0 Å². The number of benzene rings is 2. The molecule has 5 nitrogen and oxygen atoms in total. The molecule has 3 aromatic rings. The molecule has 5 rings (SSSR count). The lowest BCUT2D eigenvalue weighted by Gasteiger charge is -2.27. The van der Waals surface area contributed by atoms with E-state index < -0.39 is 0 Å². The predicted octanol–water partition coefficient (Wildman–Crippen LogP) is 6.04. The number of fused-ring (bicyclic) bond motifs is 2. The fraction of sp³-hybridized carbons (Fsp3) is 0.357. The van der Waals surface area contributed by atoms with E-state index in [0.29, 0.717) is 22.7 Å². The Hall–Kier alpha value is -2.67. The van der Waals surface area contributed by atoms with E-state index in [-0.39, 0.29) is 24.3 Å². The summed E-state index contributed by atoms with van der Waals surface area (Å²) in [5.74, 6) is -0.518. The van der Waals surface area contributed by atoms with E-state index in [1.54, 1.807) is 0 Å². The summed E-state index contributed by atoms with van der Waals surface area (Å²) < 4.78 is 5.38. The maximum Gasteiger partial charge on any atom is 0.341 e. The number of esters is 1. The number of carbonyl (C=O) groups is 2. The molecule has 7 heteroatoms. The zero-order chi connectivity index (χ0) is 23.5. The number of hydrogen-bond acceptors (Lipinski definition) is 5. The summed E-state index contributed by atoms with van der Waals surface area (Å²) in [6.45, 7) is 4.61. The van der Waals surface area contributed by atoms with Gasteiger partial charge in [-0.1, -0.05) is 36.4 Å². The van der Waals surface area contributed by atoms with Crippen LogP contribution in [0.1, 0.15) is 67.6 Å². The second-order valence-corrected chi connectivity index (χ2v) is 10.1. The van der Waals surface area contributed by atoms with Crippen molar-refractivity contribution < 1.29 is 14.3 Å². The molecule has 184 valence electrons. The highest BCUT2D eigenvalue weighted by Crippen LogP contribution is 2.38. The quantitative estimate of drug-likeness (QED) is 0.411. The Bertz CT molecular complexity index is 1210. The molecule has 1 aliphatic heterocycles. The van der Waals surface area contributed by atoms with Gasteiger partial charge in [-0.05, 0) is 73.4 Å². The molecule has 0 spiro atoms. The summed E-state index contributed by atoms with van der Waals surface area (Å²) in [6.07, 6.45) is 5.25. The van der Waals surface area contributed by atoms with Crippen molar-refractivity contribution in [1.29, 1.82) is 0 Å². The molecule has 1 aliphatic carbocycles. The zero-order valence-corrected chi connectivity index (χ0v) is 21.6. The Labute approximate surface area is 216 Å².